The van der Waals surface area contributed by atoms with Gasteiger partial charge in [-0.3, -0.25) is 0 Å². The Labute approximate surface area is 89.6 Å². The van der Waals surface area contributed by atoms with Crippen molar-refractivity contribution in [3.63, 3.8) is 0 Å². The minimum Gasteiger partial charge on any atom is -0.399 e. The van der Waals surface area contributed by atoms with Crippen LogP contribution in [0.5, 0.6) is 0 Å². The monoisotopic (exact) mass is 201 g/mol. The standard InChI is InChI=1S/C12H15N3/c1-10-8-14-9-15(10)7-6-11-2-4-12(13)5-3-11/h2-5,8-9H,6-7,13H2,1H3. The molecule has 1 heterocycles. The molecule has 0 bridgehead atoms. The number of nitrogens with two attached hydrogens (primary N) is 1. The second-order valence-electron chi connectivity index (χ2n) is 3.72. The summed E-state index contributed by atoms with van der Waals surface area (Å²) in [5.74, 6) is 0. The van der Waals surface area contributed by atoms with Crippen LogP contribution in [-0.2, 0) is 13.0 Å². The predicted molar refractivity (Wildman–Crippen MR) is 61.5 cm³/mol. The van der Waals surface area contributed by atoms with Crippen molar-refractivity contribution in [1.82, 2.24) is 9.55 Å². The molecule has 0 amide bonds. The number of aromatic nitrogens is 2. The summed E-state index contributed by atoms with van der Waals surface area (Å²) in [6, 6.07) is 8.02. The fraction of sp³-hybridized carbons (Fsp3) is 0.250. The number of nitrogen functional groups attached to an aromatic ring is 1. The molecule has 0 unspecified atom stereocenters. The summed E-state index contributed by atoms with van der Waals surface area (Å²) in [5.41, 5.74) is 8.95. The van der Waals surface area contributed by atoms with Crippen LogP contribution in [0.4, 0.5) is 5.69 Å². The van der Waals surface area contributed by atoms with Crippen molar-refractivity contribution >= 4 is 5.69 Å². The highest BCUT2D eigenvalue weighted by Gasteiger charge is 1.97. The molecule has 0 radical (unpaired) electrons. The molecule has 15 heavy (non-hydrogen) atoms. The normalized spacial score (nSPS) is 10.5. The molecule has 0 saturated heterocycles. The third-order valence-electron chi connectivity index (χ3n) is 2.54. The smallest absolute Gasteiger partial charge is 0.0948 e. The Hall–Kier alpha value is -1.77. The van der Waals surface area contributed by atoms with Crippen molar-refractivity contribution in [2.75, 3.05) is 5.73 Å². The zero-order chi connectivity index (χ0) is 10.7. The van der Waals surface area contributed by atoms with Crippen LogP contribution in [0.15, 0.2) is 36.8 Å². The van der Waals surface area contributed by atoms with Crippen molar-refractivity contribution in [2.45, 2.75) is 19.9 Å². The fourth-order valence-corrected chi connectivity index (χ4v) is 1.55. The predicted octanol–water partition coefficient (Wildman–Crippen LogP) is 2.02. The molecule has 0 aliphatic heterocycles. The van der Waals surface area contributed by atoms with Gasteiger partial charge in [-0.15, -0.1) is 0 Å². The molecule has 3 nitrogen and oxygen atoms in total. The molecule has 0 aliphatic carbocycles. The molecule has 0 atom stereocenters. The van der Waals surface area contributed by atoms with Crippen molar-refractivity contribution in [2.24, 2.45) is 0 Å². The van der Waals surface area contributed by atoms with Crippen LogP contribution in [0.3, 0.4) is 0 Å². The molecular weight excluding hydrogens is 186 g/mol. The summed E-state index contributed by atoms with van der Waals surface area (Å²) in [5, 5.41) is 0. The minimum atomic E-state index is 0.817. The molecular formula is C12H15N3. The van der Waals surface area contributed by atoms with E-state index in [4.69, 9.17) is 5.73 Å². The summed E-state index contributed by atoms with van der Waals surface area (Å²) in [4.78, 5) is 4.09. The van der Waals surface area contributed by atoms with Gasteiger partial charge in [0.25, 0.3) is 0 Å². The number of rotatable bonds is 3. The molecule has 0 spiro atoms. The zero-order valence-electron chi connectivity index (χ0n) is 8.85. The van der Waals surface area contributed by atoms with Crippen LogP contribution in [0.1, 0.15) is 11.3 Å². The molecule has 3 heteroatoms. The second-order valence-corrected chi connectivity index (χ2v) is 3.72. The lowest BCUT2D eigenvalue weighted by atomic mass is 10.1. The van der Waals surface area contributed by atoms with Crippen LogP contribution in [0.2, 0.25) is 0 Å². The number of hydrogen-bond acceptors (Lipinski definition) is 2. The zero-order valence-corrected chi connectivity index (χ0v) is 8.85. The number of nitrogens with zero attached hydrogens (tertiary/aromatic N) is 2. The molecule has 1 aromatic heterocycles. The molecule has 0 aliphatic rings. The maximum Gasteiger partial charge on any atom is 0.0948 e. The van der Waals surface area contributed by atoms with E-state index in [0.717, 1.165) is 18.7 Å². The highest BCUT2D eigenvalue weighted by atomic mass is 15.0. The third-order valence-corrected chi connectivity index (χ3v) is 2.54. The fourth-order valence-electron chi connectivity index (χ4n) is 1.55. The maximum absolute atomic E-state index is 5.63. The van der Waals surface area contributed by atoms with Gasteiger partial charge in [0.05, 0.1) is 6.33 Å². The number of aryl methyl sites for hydroxylation is 3. The lowest BCUT2D eigenvalue weighted by Crippen LogP contribution is -2.01. The van der Waals surface area contributed by atoms with E-state index in [9.17, 15) is 0 Å². The van der Waals surface area contributed by atoms with Gasteiger partial charge in [0.2, 0.25) is 0 Å². The molecule has 2 N–H and O–H groups in total. The Morgan fingerprint density at radius 1 is 1.27 bits per heavy atom. The quantitative estimate of drug-likeness (QED) is 0.772. The highest BCUT2D eigenvalue weighted by Crippen LogP contribution is 2.07. The van der Waals surface area contributed by atoms with E-state index in [0.29, 0.717) is 0 Å². The first kappa shape index (κ1) is 9.77. The second kappa shape index (κ2) is 4.17. The lowest BCUT2D eigenvalue weighted by Gasteiger charge is -2.05. The van der Waals surface area contributed by atoms with E-state index in [1.165, 1.54) is 11.3 Å². The Morgan fingerprint density at radius 3 is 2.60 bits per heavy atom. The van der Waals surface area contributed by atoms with E-state index < -0.39 is 0 Å². The van der Waals surface area contributed by atoms with Gasteiger partial charge in [-0.25, -0.2) is 4.98 Å². The van der Waals surface area contributed by atoms with E-state index in [-0.39, 0.29) is 0 Å². The SMILES string of the molecule is Cc1cncn1CCc1ccc(N)cc1. The van der Waals surface area contributed by atoms with Crippen molar-refractivity contribution in [3.05, 3.63) is 48.0 Å². The van der Waals surface area contributed by atoms with Crippen LogP contribution in [0.25, 0.3) is 0 Å². The Balaban J connectivity index is 1.99. The minimum absolute atomic E-state index is 0.817. The lowest BCUT2D eigenvalue weighted by molar-refractivity contribution is 0.678. The Kier molecular flexibility index (Phi) is 2.72. The maximum atomic E-state index is 5.63. The van der Waals surface area contributed by atoms with Crippen LogP contribution in [-0.4, -0.2) is 9.55 Å². The number of anilines is 1. The van der Waals surface area contributed by atoms with Crippen LogP contribution < -0.4 is 5.73 Å². The molecule has 0 fully saturated rings. The number of benzene rings is 1. The first-order chi connectivity index (χ1) is 7.25. The summed E-state index contributed by atoms with van der Waals surface area (Å²) < 4.78 is 2.15. The van der Waals surface area contributed by atoms with Crippen molar-refractivity contribution in [1.29, 1.82) is 0 Å². The van der Waals surface area contributed by atoms with E-state index in [1.807, 2.05) is 24.7 Å². The highest BCUT2D eigenvalue weighted by molar-refractivity contribution is 5.39. The van der Waals surface area contributed by atoms with Gasteiger partial charge in [0, 0.05) is 24.1 Å². The largest absolute Gasteiger partial charge is 0.399 e. The summed E-state index contributed by atoms with van der Waals surface area (Å²) in [6.45, 7) is 3.03. The van der Waals surface area contributed by atoms with Gasteiger partial charge in [0.1, 0.15) is 0 Å². The molecule has 2 aromatic rings. The summed E-state index contributed by atoms with van der Waals surface area (Å²) >= 11 is 0. The van der Waals surface area contributed by atoms with E-state index in [2.05, 4.69) is 28.6 Å². The molecule has 78 valence electrons. The summed E-state index contributed by atoms with van der Waals surface area (Å²) in [7, 11) is 0. The van der Waals surface area contributed by atoms with Crippen molar-refractivity contribution in [3.8, 4) is 0 Å². The van der Waals surface area contributed by atoms with Crippen LogP contribution >= 0.6 is 0 Å². The van der Waals surface area contributed by atoms with Crippen LogP contribution in [0, 0.1) is 6.92 Å². The van der Waals surface area contributed by atoms with Gasteiger partial charge >= 0.3 is 0 Å². The van der Waals surface area contributed by atoms with E-state index >= 15 is 0 Å². The third kappa shape index (κ3) is 2.37. The Morgan fingerprint density at radius 2 is 2.00 bits per heavy atom. The van der Waals surface area contributed by atoms with Gasteiger partial charge in [-0.1, -0.05) is 12.1 Å². The summed E-state index contributed by atoms with van der Waals surface area (Å²) in [6.07, 6.45) is 4.76. The Bertz CT molecular complexity index is 428. The number of imidazole rings is 1. The first-order valence-corrected chi connectivity index (χ1v) is 5.07. The number of hydrogen-bond donors (Lipinski definition) is 1. The molecule has 1 aromatic carbocycles. The van der Waals surface area contributed by atoms with E-state index in [1.54, 1.807) is 0 Å². The average molecular weight is 201 g/mol. The molecule has 0 saturated carbocycles. The first-order valence-electron chi connectivity index (χ1n) is 5.07. The van der Waals surface area contributed by atoms with Gasteiger partial charge < -0.3 is 10.3 Å². The van der Waals surface area contributed by atoms with Crippen molar-refractivity contribution < 1.29 is 0 Å². The van der Waals surface area contributed by atoms with Gasteiger partial charge in [-0.2, -0.15) is 0 Å². The molecule has 2 rings (SSSR count). The van der Waals surface area contributed by atoms with Gasteiger partial charge in [-0.05, 0) is 31.0 Å². The topological polar surface area (TPSA) is 43.8 Å². The average Bonchev–Trinajstić information content (AvgIpc) is 2.63. The van der Waals surface area contributed by atoms with Gasteiger partial charge in [0.15, 0.2) is 0 Å².